The van der Waals surface area contributed by atoms with Gasteiger partial charge in [0.15, 0.2) is 18.1 Å². The zero-order valence-electron chi connectivity index (χ0n) is 16.4. The van der Waals surface area contributed by atoms with E-state index >= 15 is 0 Å². The third kappa shape index (κ3) is 4.11. The fourth-order valence-electron chi connectivity index (χ4n) is 3.33. The molecule has 152 valence electrons. The minimum absolute atomic E-state index is 0.157. The summed E-state index contributed by atoms with van der Waals surface area (Å²) in [4.78, 5) is 25.1. The molecule has 0 fully saturated rings. The van der Waals surface area contributed by atoms with Crippen LogP contribution in [0.15, 0.2) is 71.1 Å². The fraction of sp³-hybridized carbons (Fsp3) is 0.174. The highest BCUT2D eigenvalue weighted by Crippen LogP contribution is 2.35. The molecule has 3 aromatic rings. The summed E-state index contributed by atoms with van der Waals surface area (Å²) in [7, 11) is 1.49. The molecule has 6 nitrogen and oxygen atoms in total. The van der Waals surface area contributed by atoms with Gasteiger partial charge in [0, 0.05) is 16.9 Å². The largest absolute Gasteiger partial charge is 0.493 e. The van der Waals surface area contributed by atoms with Gasteiger partial charge in [0.1, 0.15) is 6.29 Å². The number of amides is 1. The van der Waals surface area contributed by atoms with Crippen molar-refractivity contribution in [1.29, 1.82) is 0 Å². The van der Waals surface area contributed by atoms with E-state index in [2.05, 4.69) is 5.10 Å². The molecule has 4 rings (SSSR count). The van der Waals surface area contributed by atoms with Gasteiger partial charge in [-0.05, 0) is 35.2 Å². The van der Waals surface area contributed by atoms with Crippen molar-refractivity contribution in [3.8, 4) is 11.5 Å². The number of rotatable bonds is 7. The maximum Gasteiger partial charge on any atom is 0.281 e. The monoisotopic (exact) mass is 420 g/mol. The van der Waals surface area contributed by atoms with Crippen LogP contribution in [0.1, 0.15) is 33.3 Å². The lowest BCUT2D eigenvalue weighted by atomic mass is 10.0. The number of aldehydes is 1. The zero-order chi connectivity index (χ0) is 20.9. The molecule has 0 bridgehead atoms. The van der Waals surface area contributed by atoms with Crippen molar-refractivity contribution in [3.05, 3.63) is 82.0 Å². The number of ether oxygens (including phenoxy) is 2. The molecule has 1 aromatic heterocycles. The summed E-state index contributed by atoms with van der Waals surface area (Å²) in [6.07, 6.45) is 1.38. The van der Waals surface area contributed by atoms with E-state index in [0.717, 1.165) is 22.4 Å². The van der Waals surface area contributed by atoms with E-state index in [1.165, 1.54) is 12.1 Å². The fourth-order valence-corrected chi connectivity index (χ4v) is 4.14. The molecular weight excluding hydrogens is 400 g/mol. The van der Waals surface area contributed by atoms with E-state index in [-0.39, 0.29) is 18.6 Å². The summed E-state index contributed by atoms with van der Waals surface area (Å²) in [5.41, 5.74) is 2.34. The molecule has 0 aliphatic carbocycles. The Balaban J connectivity index is 1.54. The number of methoxy groups -OCH3 is 1. The highest BCUT2D eigenvalue weighted by molar-refractivity contribution is 7.10. The summed E-state index contributed by atoms with van der Waals surface area (Å²) < 4.78 is 11.0. The van der Waals surface area contributed by atoms with E-state index in [9.17, 15) is 9.59 Å². The Morgan fingerprint density at radius 2 is 2.00 bits per heavy atom. The Hall–Kier alpha value is -3.45. The first kappa shape index (κ1) is 19.8. The minimum atomic E-state index is -0.249. The molecule has 1 aliphatic rings. The molecule has 0 N–H and O–H groups in total. The number of nitrogens with zero attached hydrogens (tertiary/aromatic N) is 2. The predicted octanol–water partition coefficient (Wildman–Crippen LogP) is 4.33. The zero-order valence-corrected chi connectivity index (χ0v) is 17.2. The molecule has 1 aliphatic heterocycles. The second-order valence-electron chi connectivity index (χ2n) is 6.70. The van der Waals surface area contributed by atoms with Crippen molar-refractivity contribution in [2.75, 3.05) is 13.7 Å². The highest BCUT2D eigenvalue weighted by atomic mass is 32.1. The number of hydrazone groups is 1. The second kappa shape index (κ2) is 8.92. The molecule has 0 saturated heterocycles. The molecule has 1 amide bonds. The third-order valence-electron chi connectivity index (χ3n) is 4.82. The van der Waals surface area contributed by atoms with Crippen LogP contribution in [-0.2, 0) is 4.79 Å². The van der Waals surface area contributed by atoms with Crippen molar-refractivity contribution in [2.24, 2.45) is 5.10 Å². The van der Waals surface area contributed by atoms with Gasteiger partial charge in [0.25, 0.3) is 5.91 Å². The summed E-state index contributed by atoms with van der Waals surface area (Å²) in [5.74, 6) is 0.550. The standard InChI is InChI=1S/C23H20N2O4S/c1-28-21-12-16(14-26)9-10-20(21)29-15-23(27)25-19(22-8-5-11-30-22)13-18(24-25)17-6-3-2-4-7-17/h2-12,14,19H,13,15H2,1H3. The van der Waals surface area contributed by atoms with Gasteiger partial charge >= 0.3 is 0 Å². The number of carbonyl (C=O) groups is 2. The molecule has 30 heavy (non-hydrogen) atoms. The van der Waals surface area contributed by atoms with Gasteiger partial charge in [0.05, 0.1) is 18.9 Å². The Bertz CT molecular complexity index is 1060. The number of thiophene rings is 1. The molecule has 2 heterocycles. The lowest BCUT2D eigenvalue weighted by molar-refractivity contribution is -0.135. The summed E-state index contributed by atoms with van der Waals surface area (Å²) >= 11 is 1.60. The average Bonchev–Trinajstić information content (AvgIpc) is 3.48. The van der Waals surface area contributed by atoms with Gasteiger partial charge < -0.3 is 9.47 Å². The molecular formula is C23H20N2O4S. The average molecular weight is 420 g/mol. The van der Waals surface area contributed by atoms with Crippen LogP contribution >= 0.6 is 11.3 Å². The number of benzene rings is 2. The summed E-state index contributed by atoms with van der Waals surface area (Å²) in [5, 5.41) is 8.14. The van der Waals surface area contributed by atoms with Crippen molar-refractivity contribution in [1.82, 2.24) is 5.01 Å². The van der Waals surface area contributed by atoms with E-state index in [1.54, 1.807) is 29.5 Å². The van der Waals surface area contributed by atoms with E-state index in [0.29, 0.717) is 23.5 Å². The first-order valence-electron chi connectivity index (χ1n) is 9.44. The topological polar surface area (TPSA) is 68.2 Å². The van der Waals surface area contributed by atoms with Crippen LogP contribution in [0.2, 0.25) is 0 Å². The SMILES string of the molecule is COc1cc(C=O)ccc1OCC(=O)N1N=C(c2ccccc2)CC1c1cccs1. The van der Waals surface area contributed by atoms with Gasteiger partial charge in [-0.25, -0.2) is 5.01 Å². The van der Waals surface area contributed by atoms with Gasteiger partial charge in [-0.2, -0.15) is 5.10 Å². The van der Waals surface area contributed by atoms with E-state index in [4.69, 9.17) is 9.47 Å². The molecule has 1 atom stereocenters. The molecule has 0 spiro atoms. The van der Waals surface area contributed by atoms with Crippen molar-refractivity contribution >= 4 is 29.2 Å². The Labute approximate surface area is 178 Å². The Kier molecular flexibility index (Phi) is 5.90. The first-order valence-corrected chi connectivity index (χ1v) is 10.3. The molecule has 1 unspecified atom stereocenters. The van der Waals surface area contributed by atoms with Crippen LogP contribution in [0.5, 0.6) is 11.5 Å². The first-order chi connectivity index (χ1) is 14.7. The van der Waals surface area contributed by atoms with E-state index < -0.39 is 0 Å². The van der Waals surface area contributed by atoms with Crippen LogP contribution in [0.3, 0.4) is 0 Å². The van der Waals surface area contributed by atoms with Gasteiger partial charge in [-0.1, -0.05) is 36.4 Å². The second-order valence-corrected chi connectivity index (χ2v) is 7.68. The van der Waals surface area contributed by atoms with E-state index in [1.807, 2.05) is 47.8 Å². The van der Waals surface area contributed by atoms with Gasteiger partial charge in [-0.15, -0.1) is 11.3 Å². The summed E-state index contributed by atoms with van der Waals surface area (Å²) in [6.45, 7) is -0.190. The number of carbonyl (C=O) groups excluding carboxylic acids is 2. The van der Waals surface area contributed by atoms with Crippen LogP contribution < -0.4 is 9.47 Å². The minimum Gasteiger partial charge on any atom is -0.493 e. The van der Waals surface area contributed by atoms with Gasteiger partial charge in [0.2, 0.25) is 0 Å². The Morgan fingerprint density at radius 3 is 2.70 bits per heavy atom. The smallest absolute Gasteiger partial charge is 0.281 e. The quantitative estimate of drug-likeness (QED) is 0.534. The van der Waals surface area contributed by atoms with Crippen LogP contribution in [0.25, 0.3) is 0 Å². The van der Waals surface area contributed by atoms with Crippen LogP contribution in [0, 0.1) is 0 Å². The van der Waals surface area contributed by atoms with Gasteiger partial charge in [-0.3, -0.25) is 9.59 Å². The van der Waals surface area contributed by atoms with Crippen LogP contribution in [-0.4, -0.2) is 36.6 Å². The van der Waals surface area contributed by atoms with Crippen molar-refractivity contribution < 1.29 is 19.1 Å². The predicted molar refractivity (Wildman–Crippen MR) is 115 cm³/mol. The number of hydrogen-bond donors (Lipinski definition) is 0. The van der Waals surface area contributed by atoms with Crippen LogP contribution in [0.4, 0.5) is 0 Å². The molecule has 0 radical (unpaired) electrons. The lowest BCUT2D eigenvalue weighted by Gasteiger charge is -2.21. The normalized spacial score (nSPS) is 15.6. The molecule has 7 heteroatoms. The van der Waals surface area contributed by atoms with Crippen molar-refractivity contribution in [2.45, 2.75) is 12.5 Å². The maximum absolute atomic E-state index is 13.0. The maximum atomic E-state index is 13.0. The number of hydrogen-bond acceptors (Lipinski definition) is 6. The Morgan fingerprint density at radius 1 is 1.17 bits per heavy atom. The summed E-state index contributed by atoms with van der Waals surface area (Å²) in [6, 6.07) is 18.5. The van der Waals surface area contributed by atoms with Crippen molar-refractivity contribution in [3.63, 3.8) is 0 Å². The molecule has 2 aromatic carbocycles. The lowest BCUT2D eigenvalue weighted by Crippen LogP contribution is -2.31. The third-order valence-corrected chi connectivity index (χ3v) is 5.79. The highest BCUT2D eigenvalue weighted by Gasteiger charge is 2.34. The molecule has 0 saturated carbocycles.